The summed E-state index contributed by atoms with van der Waals surface area (Å²) in [6.45, 7) is 4.28. The van der Waals surface area contributed by atoms with Crippen molar-refractivity contribution in [3.8, 4) is 6.01 Å². The van der Waals surface area contributed by atoms with Crippen molar-refractivity contribution in [3.05, 3.63) is 41.7 Å². The highest BCUT2D eigenvalue weighted by Gasteiger charge is 2.34. The van der Waals surface area contributed by atoms with Crippen molar-refractivity contribution >= 4 is 21.8 Å². The number of sulfonamides is 1. The Morgan fingerprint density at radius 3 is 2.43 bits per heavy atom. The van der Waals surface area contributed by atoms with E-state index in [0.717, 1.165) is 11.4 Å². The van der Waals surface area contributed by atoms with Crippen LogP contribution in [-0.2, 0) is 14.8 Å². The first-order valence-corrected chi connectivity index (χ1v) is 10.2. The maximum atomic E-state index is 12.9. The minimum Gasteiger partial charge on any atom is -0.459 e. The van der Waals surface area contributed by atoms with Gasteiger partial charge < -0.3 is 9.47 Å². The lowest BCUT2D eigenvalue weighted by Crippen LogP contribution is -2.31. The average Bonchev–Trinajstić information content (AvgIpc) is 3.10. The standard InChI is InChI=1S/C18H22N4O5S/c1-12-10-13(2)20-17(19-12)27-15-8-9-22(11-15)28(24,25)16-6-4-14(5-7-16)21-18(23)26-3/h4-7,10,15H,8-9,11H2,1-3H3,(H,21,23)/t15-/m1/s1. The van der Waals surface area contributed by atoms with Gasteiger partial charge in [0.05, 0.1) is 18.6 Å². The number of hydrogen-bond acceptors (Lipinski definition) is 7. The number of aryl methyl sites for hydroxylation is 2. The van der Waals surface area contributed by atoms with Crippen molar-refractivity contribution < 1.29 is 22.7 Å². The number of aromatic nitrogens is 2. The summed E-state index contributed by atoms with van der Waals surface area (Å²) < 4.78 is 37.4. The minimum atomic E-state index is -3.66. The van der Waals surface area contributed by atoms with Crippen LogP contribution in [0.2, 0.25) is 0 Å². The first kappa shape index (κ1) is 20.0. The van der Waals surface area contributed by atoms with E-state index >= 15 is 0 Å². The molecule has 1 aliphatic heterocycles. The highest BCUT2D eigenvalue weighted by molar-refractivity contribution is 7.89. The number of methoxy groups -OCH3 is 1. The zero-order valence-corrected chi connectivity index (χ0v) is 16.7. The van der Waals surface area contributed by atoms with Gasteiger partial charge in [-0.25, -0.2) is 23.2 Å². The number of anilines is 1. The van der Waals surface area contributed by atoms with E-state index in [1.807, 2.05) is 19.9 Å². The van der Waals surface area contributed by atoms with Gasteiger partial charge in [-0.2, -0.15) is 4.31 Å². The Labute approximate surface area is 163 Å². The van der Waals surface area contributed by atoms with Crippen LogP contribution < -0.4 is 10.1 Å². The van der Waals surface area contributed by atoms with Gasteiger partial charge in [-0.1, -0.05) is 0 Å². The molecule has 1 saturated heterocycles. The molecule has 9 nitrogen and oxygen atoms in total. The van der Waals surface area contributed by atoms with Crippen LogP contribution in [0.4, 0.5) is 10.5 Å². The van der Waals surface area contributed by atoms with Crippen LogP contribution in [0.15, 0.2) is 35.2 Å². The van der Waals surface area contributed by atoms with Gasteiger partial charge in [-0.05, 0) is 50.6 Å². The number of benzene rings is 1. The van der Waals surface area contributed by atoms with E-state index in [-0.39, 0.29) is 23.6 Å². The zero-order valence-electron chi connectivity index (χ0n) is 15.9. The summed E-state index contributed by atoms with van der Waals surface area (Å²) >= 11 is 0. The number of nitrogens with zero attached hydrogens (tertiary/aromatic N) is 3. The largest absolute Gasteiger partial charge is 0.459 e. The van der Waals surface area contributed by atoms with E-state index in [9.17, 15) is 13.2 Å². The van der Waals surface area contributed by atoms with Gasteiger partial charge in [0.1, 0.15) is 6.10 Å². The zero-order chi connectivity index (χ0) is 20.3. The van der Waals surface area contributed by atoms with Crippen LogP contribution >= 0.6 is 0 Å². The van der Waals surface area contributed by atoms with Crippen LogP contribution in [0.3, 0.4) is 0 Å². The molecule has 150 valence electrons. The summed E-state index contributed by atoms with van der Waals surface area (Å²) in [5.74, 6) is 0. The molecule has 1 aromatic carbocycles. The minimum absolute atomic E-state index is 0.145. The number of carbonyl (C=O) groups excluding carboxylic acids is 1. The summed E-state index contributed by atoms with van der Waals surface area (Å²) in [4.78, 5) is 19.8. The summed E-state index contributed by atoms with van der Waals surface area (Å²) in [7, 11) is -2.41. The third-order valence-electron chi connectivity index (χ3n) is 4.27. The van der Waals surface area contributed by atoms with Crippen molar-refractivity contribution in [1.29, 1.82) is 0 Å². The van der Waals surface area contributed by atoms with Gasteiger partial charge in [0, 0.05) is 23.6 Å². The molecule has 1 aliphatic rings. The SMILES string of the molecule is COC(=O)Nc1ccc(S(=O)(=O)N2CC[C@@H](Oc3nc(C)cc(C)n3)C2)cc1. The van der Waals surface area contributed by atoms with Gasteiger partial charge in [0.2, 0.25) is 10.0 Å². The molecule has 0 aliphatic carbocycles. The molecule has 0 saturated carbocycles. The lowest BCUT2D eigenvalue weighted by Gasteiger charge is -2.17. The fraction of sp³-hybridized carbons (Fsp3) is 0.389. The molecular formula is C18H22N4O5S. The van der Waals surface area contributed by atoms with E-state index in [0.29, 0.717) is 18.7 Å². The van der Waals surface area contributed by atoms with Gasteiger partial charge in [0.25, 0.3) is 0 Å². The first-order valence-electron chi connectivity index (χ1n) is 8.72. The second-order valence-electron chi connectivity index (χ2n) is 6.47. The summed E-state index contributed by atoms with van der Waals surface area (Å²) in [5, 5.41) is 2.48. The van der Waals surface area contributed by atoms with E-state index in [1.165, 1.54) is 35.7 Å². The van der Waals surface area contributed by atoms with Gasteiger partial charge >= 0.3 is 12.1 Å². The highest BCUT2D eigenvalue weighted by atomic mass is 32.2. The number of hydrogen-bond donors (Lipinski definition) is 1. The van der Waals surface area contributed by atoms with E-state index in [4.69, 9.17) is 4.74 Å². The maximum absolute atomic E-state index is 12.9. The van der Waals surface area contributed by atoms with E-state index in [1.54, 1.807) is 0 Å². The molecule has 1 aromatic heterocycles. The predicted octanol–water partition coefficient (Wildman–Crippen LogP) is 2.11. The molecule has 0 spiro atoms. The van der Waals surface area contributed by atoms with Crippen LogP contribution in [0.5, 0.6) is 6.01 Å². The van der Waals surface area contributed by atoms with E-state index < -0.39 is 16.1 Å². The second kappa shape index (κ2) is 8.11. The first-order chi connectivity index (χ1) is 13.3. The average molecular weight is 406 g/mol. The third kappa shape index (κ3) is 4.57. The Morgan fingerprint density at radius 2 is 1.82 bits per heavy atom. The van der Waals surface area contributed by atoms with Crippen molar-refractivity contribution in [2.24, 2.45) is 0 Å². The molecule has 0 unspecified atom stereocenters. The Bertz CT molecular complexity index is 942. The third-order valence-corrected chi connectivity index (χ3v) is 6.14. The molecule has 1 fully saturated rings. The Hall–Kier alpha value is -2.72. The molecule has 1 atom stereocenters. The maximum Gasteiger partial charge on any atom is 0.411 e. The second-order valence-corrected chi connectivity index (χ2v) is 8.40. The van der Waals surface area contributed by atoms with Crippen LogP contribution in [0.25, 0.3) is 0 Å². The molecule has 0 bridgehead atoms. The number of amides is 1. The number of rotatable bonds is 5. The lowest BCUT2D eigenvalue weighted by atomic mass is 10.3. The summed E-state index contributed by atoms with van der Waals surface area (Å²) in [6.07, 6.45) is -0.377. The molecule has 2 aromatic rings. The van der Waals surface area contributed by atoms with Crippen molar-refractivity contribution in [3.63, 3.8) is 0 Å². The van der Waals surface area contributed by atoms with Crippen molar-refractivity contribution in [1.82, 2.24) is 14.3 Å². The predicted molar refractivity (Wildman–Crippen MR) is 102 cm³/mol. The monoisotopic (exact) mass is 406 g/mol. The Kier molecular flexibility index (Phi) is 5.80. The highest BCUT2D eigenvalue weighted by Crippen LogP contribution is 2.24. The van der Waals surface area contributed by atoms with Crippen molar-refractivity contribution in [2.45, 2.75) is 31.3 Å². The number of nitrogens with one attached hydrogen (secondary N) is 1. The quantitative estimate of drug-likeness (QED) is 0.809. The molecule has 1 N–H and O–H groups in total. The molecular weight excluding hydrogens is 384 g/mol. The van der Waals surface area contributed by atoms with Gasteiger partial charge in [-0.15, -0.1) is 0 Å². The van der Waals surface area contributed by atoms with E-state index in [2.05, 4.69) is 20.0 Å². The van der Waals surface area contributed by atoms with Gasteiger partial charge in [-0.3, -0.25) is 5.32 Å². The molecule has 28 heavy (non-hydrogen) atoms. The molecule has 1 amide bonds. The van der Waals surface area contributed by atoms with Crippen LogP contribution in [-0.4, -0.2) is 55.1 Å². The lowest BCUT2D eigenvalue weighted by molar-refractivity contribution is 0.187. The van der Waals surface area contributed by atoms with Gasteiger partial charge in [0.15, 0.2) is 0 Å². The van der Waals surface area contributed by atoms with Crippen LogP contribution in [0.1, 0.15) is 17.8 Å². The molecule has 10 heteroatoms. The number of carbonyl (C=O) groups is 1. The van der Waals surface area contributed by atoms with Crippen LogP contribution in [0, 0.1) is 13.8 Å². The fourth-order valence-corrected chi connectivity index (χ4v) is 4.42. The summed E-state index contributed by atoms with van der Waals surface area (Å²) in [5.41, 5.74) is 2.04. The topological polar surface area (TPSA) is 111 Å². The number of ether oxygens (including phenoxy) is 2. The fourth-order valence-electron chi connectivity index (χ4n) is 2.94. The summed E-state index contributed by atoms with van der Waals surface area (Å²) in [6, 6.07) is 8.02. The Morgan fingerprint density at radius 1 is 1.18 bits per heavy atom. The molecule has 3 rings (SSSR count). The smallest absolute Gasteiger partial charge is 0.411 e. The molecule has 2 heterocycles. The Balaban J connectivity index is 1.67. The molecule has 0 radical (unpaired) electrons. The van der Waals surface area contributed by atoms with Crippen molar-refractivity contribution in [2.75, 3.05) is 25.5 Å². The normalized spacial score (nSPS) is 17.3.